The van der Waals surface area contributed by atoms with Gasteiger partial charge in [0.25, 0.3) is 0 Å². The van der Waals surface area contributed by atoms with E-state index in [2.05, 4.69) is 35.0 Å². The fourth-order valence-corrected chi connectivity index (χ4v) is 5.04. The molecule has 1 rings (SSSR count). The molecule has 9 heteroatoms. The molecule has 1 aliphatic rings. The van der Waals surface area contributed by atoms with Crippen molar-refractivity contribution >= 4 is 29.9 Å². The number of aldehydes is 1. The lowest BCUT2D eigenvalue weighted by atomic mass is 10.1. The van der Waals surface area contributed by atoms with Crippen LogP contribution in [-0.2, 0) is 24.0 Å². The molecule has 4 atom stereocenters. The van der Waals surface area contributed by atoms with Gasteiger partial charge in [0.05, 0.1) is 6.04 Å². The highest BCUT2D eigenvalue weighted by Crippen LogP contribution is 2.19. The van der Waals surface area contributed by atoms with Crippen LogP contribution in [0, 0.1) is 0 Å². The third kappa shape index (κ3) is 15.8. The Kier molecular flexibility index (Phi) is 19.5. The number of allylic oxidation sites excluding steroid dienone is 2. The molecule has 3 N–H and O–H groups in total. The summed E-state index contributed by atoms with van der Waals surface area (Å²) in [5.41, 5.74) is 0. The number of carbonyl (C=O) groups excluding carboxylic acids is 5. The number of hydrogen-bond acceptors (Lipinski definition) is 5. The number of rotatable bonds is 22. The van der Waals surface area contributed by atoms with Gasteiger partial charge in [0, 0.05) is 13.0 Å². The monoisotopic (exact) mass is 576 g/mol. The molecule has 0 radical (unpaired) electrons. The molecule has 1 heterocycles. The van der Waals surface area contributed by atoms with Crippen LogP contribution in [0.4, 0.5) is 0 Å². The molecule has 0 spiro atoms. The van der Waals surface area contributed by atoms with Gasteiger partial charge in [-0.1, -0.05) is 70.4 Å². The Morgan fingerprint density at radius 1 is 0.780 bits per heavy atom. The Hall–Kier alpha value is -2.71. The molecular formula is C32H56N4O5. The summed E-state index contributed by atoms with van der Waals surface area (Å²) in [6.45, 7) is 7.39. The van der Waals surface area contributed by atoms with Crippen molar-refractivity contribution in [2.45, 2.75) is 155 Å². The fraction of sp³-hybridized carbons (Fsp3) is 0.781. The summed E-state index contributed by atoms with van der Waals surface area (Å²) >= 11 is 0. The maximum Gasteiger partial charge on any atom is 0.245 e. The van der Waals surface area contributed by atoms with Gasteiger partial charge in [-0.25, -0.2) is 0 Å². The first-order valence-corrected chi connectivity index (χ1v) is 16.0. The Morgan fingerprint density at radius 3 is 1.98 bits per heavy atom. The molecule has 41 heavy (non-hydrogen) atoms. The lowest BCUT2D eigenvalue weighted by Gasteiger charge is -2.28. The van der Waals surface area contributed by atoms with Crippen LogP contribution < -0.4 is 16.0 Å². The molecule has 0 saturated carbocycles. The van der Waals surface area contributed by atoms with Crippen LogP contribution in [0.25, 0.3) is 0 Å². The molecule has 9 nitrogen and oxygen atoms in total. The van der Waals surface area contributed by atoms with E-state index >= 15 is 0 Å². The van der Waals surface area contributed by atoms with E-state index in [4.69, 9.17) is 0 Å². The zero-order valence-electron chi connectivity index (χ0n) is 26.1. The normalized spacial score (nSPS) is 17.2. The summed E-state index contributed by atoms with van der Waals surface area (Å²) in [6, 6.07) is -2.91. The quantitative estimate of drug-likeness (QED) is 0.0977. The molecule has 0 aromatic heterocycles. The number of nitrogens with one attached hydrogen (secondary N) is 3. The number of unbranched alkanes of at least 4 members (excludes halogenated alkanes) is 11. The Balaban J connectivity index is 2.18. The molecule has 1 saturated heterocycles. The van der Waals surface area contributed by atoms with Crippen LogP contribution in [0.2, 0.25) is 0 Å². The average Bonchev–Trinajstić information content (AvgIpc) is 3.44. The van der Waals surface area contributed by atoms with Crippen LogP contribution in [0.15, 0.2) is 12.2 Å². The number of carbonyl (C=O) groups is 5. The number of amides is 4. The molecule has 0 aliphatic carbocycles. The van der Waals surface area contributed by atoms with Crippen molar-refractivity contribution < 1.29 is 24.0 Å². The second-order valence-corrected chi connectivity index (χ2v) is 11.5. The second kappa shape index (κ2) is 22.0. The van der Waals surface area contributed by atoms with Gasteiger partial charge in [0.15, 0.2) is 0 Å². The van der Waals surface area contributed by atoms with Crippen molar-refractivity contribution in [3.05, 3.63) is 12.2 Å². The Labute approximate surface area is 248 Å². The minimum absolute atomic E-state index is 0.176. The van der Waals surface area contributed by atoms with Gasteiger partial charge in [-0.3, -0.25) is 19.2 Å². The van der Waals surface area contributed by atoms with Gasteiger partial charge in [-0.05, 0) is 65.7 Å². The third-order valence-corrected chi connectivity index (χ3v) is 7.58. The van der Waals surface area contributed by atoms with Crippen molar-refractivity contribution in [3.63, 3.8) is 0 Å². The second-order valence-electron chi connectivity index (χ2n) is 11.5. The summed E-state index contributed by atoms with van der Waals surface area (Å²) in [5, 5.41) is 7.96. The van der Waals surface area contributed by atoms with Crippen molar-refractivity contribution in [1.29, 1.82) is 0 Å². The van der Waals surface area contributed by atoms with Gasteiger partial charge >= 0.3 is 0 Å². The zero-order valence-corrected chi connectivity index (χ0v) is 26.1. The van der Waals surface area contributed by atoms with Crippen molar-refractivity contribution in [1.82, 2.24) is 20.9 Å². The topological polar surface area (TPSA) is 125 Å². The first-order valence-electron chi connectivity index (χ1n) is 16.0. The highest BCUT2D eigenvalue weighted by molar-refractivity contribution is 5.94. The molecule has 0 unspecified atom stereocenters. The molecule has 0 aromatic carbocycles. The van der Waals surface area contributed by atoms with Crippen LogP contribution in [0.5, 0.6) is 0 Å². The average molecular weight is 577 g/mol. The van der Waals surface area contributed by atoms with E-state index in [9.17, 15) is 24.0 Å². The summed E-state index contributed by atoms with van der Waals surface area (Å²) in [5.74, 6) is -1.35. The SMILES string of the molecule is CCCCCCCCC=CCCCCCCCC(=O)N[C@@H](C)C(=O)N[C@@H](C)C(=O)N1CCC[C@H]1C(=O)N[C@@H](C)C=O. The summed E-state index contributed by atoms with van der Waals surface area (Å²) in [4.78, 5) is 62.6. The molecule has 234 valence electrons. The molecule has 0 bridgehead atoms. The van der Waals surface area contributed by atoms with Gasteiger partial charge < -0.3 is 25.6 Å². The minimum atomic E-state index is -0.843. The summed E-state index contributed by atoms with van der Waals surface area (Å²) in [6.07, 6.45) is 22.3. The highest BCUT2D eigenvalue weighted by Gasteiger charge is 2.37. The van der Waals surface area contributed by atoms with E-state index < -0.39 is 30.1 Å². The number of nitrogens with zero attached hydrogens (tertiary/aromatic N) is 1. The number of likely N-dealkylation sites (tertiary alicyclic amines) is 1. The van der Waals surface area contributed by atoms with Crippen molar-refractivity contribution in [3.8, 4) is 0 Å². The first-order chi connectivity index (χ1) is 19.7. The van der Waals surface area contributed by atoms with Gasteiger partial charge in [0.2, 0.25) is 23.6 Å². The minimum Gasteiger partial charge on any atom is -0.345 e. The molecule has 1 fully saturated rings. The van der Waals surface area contributed by atoms with E-state index in [1.165, 1.54) is 56.3 Å². The summed E-state index contributed by atoms with van der Waals surface area (Å²) < 4.78 is 0. The van der Waals surface area contributed by atoms with Gasteiger partial charge in [-0.2, -0.15) is 0 Å². The number of hydrogen-bond donors (Lipinski definition) is 3. The van der Waals surface area contributed by atoms with E-state index in [-0.39, 0.29) is 17.7 Å². The predicted octanol–water partition coefficient (Wildman–Crippen LogP) is 4.73. The van der Waals surface area contributed by atoms with Crippen molar-refractivity contribution in [2.75, 3.05) is 6.54 Å². The lowest BCUT2D eigenvalue weighted by molar-refractivity contribution is -0.141. The fourth-order valence-electron chi connectivity index (χ4n) is 5.04. The smallest absolute Gasteiger partial charge is 0.245 e. The van der Waals surface area contributed by atoms with E-state index in [1.54, 1.807) is 20.8 Å². The largest absolute Gasteiger partial charge is 0.345 e. The van der Waals surface area contributed by atoms with E-state index in [1.807, 2.05) is 0 Å². The maximum absolute atomic E-state index is 12.9. The van der Waals surface area contributed by atoms with Gasteiger partial charge in [-0.15, -0.1) is 0 Å². The standard InChI is InChI=1S/C32H56N4O5/c1-5-6-7-8-9-10-11-12-13-14-15-16-17-18-19-22-29(38)34-26(3)30(39)35-27(4)32(41)36-23-20-21-28(36)31(40)33-25(2)24-37/h12-13,24-28H,5-11,14-23H2,1-4H3,(H,33,40)(H,34,38)(H,35,39)/t25-,26-,27-,28-/m0/s1. The van der Waals surface area contributed by atoms with Crippen LogP contribution >= 0.6 is 0 Å². The van der Waals surface area contributed by atoms with Crippen LogP contribution in [-0.4, -0.2) is 65.5 Å². The Morgan fingerprint density at radius 2 is 1.37 bits per heavy atom. The Bertz CT molecular complexity index is 831. The van der Waals surface area contributed by atoms with Crippen LogP contribution in [0.3, 0.4) is 0 Å². The zero-order chi connectivity index (χ0) is 30.5. The lowest BCUT2D eigenvalue weighted by Crippen LogP contribution is -2.55. The predicted molar refractivity (Wildman–Crippen MR) is 163 cm³/mol. The molecule has 4 amide bonds. The molecular weight excluding hydrogens is 520 g/mol. The van der Waals surface area contributed by atoms with Crippen molar-refractivity contribution in [2.24, 2.45) is 0 Å². The molecule has 1 aliphatic heterocycles. The molecule has 0 aromatic rings. The first kappa shape index (κ1) is 36.3. The summed E-state index contributed by atoms with van der Waals surface area (Å²) in [7, 11) is 0. The third-order valence-electron chi connectivity index (χ3n) is 7.58. The van der Waals surface area contributed by atoms with E-state index in [0.29, 0.717) is 32.1 Å². The van der Waals surface area contributed by atoms with Crippen LogP contribution in [0.1, 0.15) is 130 Å². The van der Waals surface area contributed by atoms with Gasteiger partial charge in [0.1, 0.15) is 24.4 Å². The highest BCUT2D eigenvalue weighted by atomic mass is 16.2. The van der Waals surface area contributed by atoms with E-state index in [0.717, 1.165) is 32.1 Å². The maximum atomic E-state index is 12.9.